The van der Waals surface area contributed by atoms with E-state index in [0.717, 1.165) is 0 Å². The highest BCUT2D eigenvalue weighted by Crippen LogP contribution is 2.33. The first-order chi connectivity index (χ1) is 8.97. The van der Waals surface area contributed by atoms with E-state index in [9.17, 15) is 4.79 Å². The highest BCUT2D eigenvalue weighted by Gasteiger charge is 2.08. The van der Waals surface area contributed by atoms with Crippen molar-refractivity contribution in [2.24, 2.45) is 0 Å². The molecule has 0 bridgehead atoms. The predicted octanol–water partition coefficient (Wildman–Crippen LogP) is 5.64. The Balaban J connectivity index is 2.28. The van der Waals surface area contributed by atoms with E-state index in [1.54, 1.807) is 36.4 Å². The van der Waals surface area contributed by atoms with Crippen molar-refractivity contribution in [3.63, 3.8) is 0 Å². The summed E-state index contributed by atoms with van der Waals surface area (Å²) in [4.78, 5) is 11.2. The second-order valence-electron chi connectivity index (χ2n) is 3.88. The molecule has 0 N–H and O–H groups in total. The van der Waals surface area contributed by atoms with E-state index in [0.29, 0.717) is 32.1 Å². The lowest BCUT2D eigenvalue weighted by Crippen LogP contribution is -1.93. The lowest BCUT2D eigenvalue weighted by molar-refractivity contribution is 0.101. The van der Waals surface area contributed by atoms with Crippen molar-refractivity contribution in [3.8, 4) is 11.5 Å². The summed E-state index contributed by atoms with van der Waals surface area (Å²) in [5.41, 5.74) is 0.534. The molecule has 0 fully saturated rings. The Morgan fingerprint density at radius 1 is 0.947 bits per heavy atom. The molecule has 0 amide bonds. The Morgan fingerprint density at radius 3 is 2.26 bits per heavy atom. The molecular weight excluding hydrogens is 307 g/mol. The van der Waals surface area contributed by atoms with Gasteiger partial charge in [0.15, 0.2) is 5.78 Å². The lowest BCUT2D eigenvalue weighted by Gasteiger charge is -2.09. The number of benzene rings is 2. The summed E-state index contributed by atoms with van der Waals surface area (Å²) < 4.78 is 5.59. The fourth-order valence-corrected chi connectivity index (χ4v) is 1.98. The summed E-state index contributed by atoms with van der Waals surface area (Å²) in [6.07, 6.45) is 0. The molecule has 19 heavy (non-hydrogen) atoms. The molecule has 2 aromatic rings. The fraction of sp³-hybridized carbons (Fsp3) is 0.0714. The zero-order valence-corrected chi connectivity index (χ0v) is 12.2. The van der Waals surface area contributed by atoms with Crippen LogP contribution in [0.4, 0.5) is 0 Å². The molecule has 0 aromatic heterocycles. The van der Waals surface area contributed by atoms with Crippen molar-refractivity contribution in [2.45, 2.75) is 6.92 Å². The SMILES string of the molecule is CC(=O)c1ccc(Oc2ccc(Cl)c(Cl)c2)c(Cl)c1. The lowest BCUT2D eigenvalue weighted by atomic mass is 10.1. The van der Waals surface area contributed by atoms with Crippen molar-refractivity contribution in [1.29, 1.82) is 0 Å². The number of carbonyl (C=O) groups is 1. The van der Waals surface area contributed by atoms with Gasteiger partial charge in [0.2, 0.25) is 0 Å². The first-order valence-electron chi connectivity index (χ1n) is 5.41. The zero-order valence-electron chi connectivity index (χ0n) is 9.91. The molecular formula is C14H9Cl3O2. The maximum Gasteiger partial charge on any atom is 0.159 e. The Bertz CT molecular complexity index is 639. The van der Waals surface area contributed by atoms with Gasteiger partial charge in [-0.3, -0.25) is 4.79 Å². The Labute approximate surface area is 125 Å². The predicted molar refractivity (Wildman–Crippen MR) is 78.0 cm³/mol. The van der Waals surface area contributed by atoms with Crippen LogP contribution in [-0.2, 0) is 0 Å². The second kappa shape index (κ2) is 5.83. The molecule has 0 heterocycles. The number of halogens is 3. The Kier molecular flexibility index (Phi) is 4.35. The van der Waals surface area contributed by atoms with Crippen LogP contribution >= 0.6 is 34.8 Å². The molecule has 0 unspecified atom stereocenters. The van der Waals surface area contributed by atoms with Gasteiger partial charge in [-0.2, -0.15) is 0 Å². The summed E-state index contributed by atoms with van der Waals surface area (Å²) in [6, 6.07) is 9.78. The molecule has 5 heteroatoms. The minimum atomic E-state index is -0.0528. The van der Waals surface area contributed by atoms with Gasteiger partial charge in [0.25, 0.3) is 0 Å². The second-order valence-corrected chi connectivity index (χ2v) is 5.10. The van der Waals surface area contributed by atoms with E-state index >= 15 is 0 Å². The molecule has 0 radical (unpaired) electrons. The topological polar surface area (TPSA) is 26.3 Å². The van der Waals surface area contributed by atoms with E-state index in [1.807, 2.05) is 0 Å². The molecule has 2 nitrogen and oxygen atoms in total. The molecule has 0 atom stereocenters. The van der Waals surface area contributed by atoms with Crippen molar-refractivity contribution in [1.82, 2.24) is 0 Å². The number of ether oxygens (including phenoxy) is 1. The minimum Gasteiger partial charge on any atom is -0.456 e. The normalized spacial score (nSPS) is 10.3. The van der Waals surface area contributed by atoms with E-state index < -0.39 is 0 Å². The van der Waals surface area contributed by atoms with Crippen LogP contribution in [0.2, 0.25) is 15.1 Å². The number of carbonyl (C=O) groups excluding carboxylic acids is 1. The smallest absolute Gasteiger partial charge is 0.159 e. The summed E-state index contributed by atoms with van der Waals surface area (Å²) >= 11 is 17.8. The van der Waals surface area contributed by atoms with Crippen LogP contribution < -0.4 is 4.74 Å². The van der Waals surface area contributed by atoms with E-state index in [1.165, 1.54) is 6.92 Å². The molecule has 0 saturated carbocycles. The van der Waals surface area contributed by atoms with Gasteiger partial charge < -0.3 is 4.74 Å². The first kappa shape index (κ1) is 14.2. The molecule has 0 aliphatic heterocycles. The summed E-state index contributed by atoms with van der Waals surface area (Å²) in [6.45, 7) is 1.48. The number of hydrogen-bond acceptors (Lipinski definition) is 2. The van der Waals surface area contributed by atoms with Gasteiger partial charge in [0, 0.05) is 11.6 Å². The van der Waals surface area contributed by atoms with Gasteiger partial charge in [0.1, 0.15) is 11.5 Å². The number of rotatable bonds is 3. The van der Waals surface area contributed by atoms with Crippen molar-refractivity contribution < 1.29 is 9.53 Å². The van der Waals surface area contributed by atoms with Crippen LogP contribution in [0.25, 0.3) is 0 Å². The summed E-state index contributed by atoms with van der Waals surface area (Å²) in [7, 11) is 0. The third-order valence-corrected chi connectivity index (χ3v) is 3.49. The van der Waals surface area contributed by atoms with Gasteiger partial charge in [0.05, 0.1) is 15.1 Å². The van der Waals surface area contributed by atoms with Gasteiger partial charge in [-0.15, -0.1) is 0 Å². The quantitative estimate of drug-likeness (QED) is 0.685. The molecule has 0 aliphatic carbocycles. The largest absolute Gasteiger partial charge is 0.456 e. The summed E-state index contributed by atoms with van der Waals surface area (Å²) in [5.74, 6) is 0.917. The van der Waals surface area contributed by atoms with Gasteiger partial charge >= 0.3 is 0 Å². The fourth-order valence-electron chi connectivity index (χ4n) is 1.47. The molecule has 0 spiro atoms. The van der Waals surface area contributed by atoms with Crippen molar-refractivity contribution in [2.75, 3.05) is 0 Å². The molecule has 98 valence electrons. The van der Waals surface area contributed by atoms with Crippen LogP contribution in [0.3, 0.4) is 0 Å². The minimum absolute atomic E-state index is 0.0528. The first-order valence-corrected chi connectivity index (χ1v) is 6.54. The number of Topliss-reactive ketones (excluding diaryl/α,β-unsaturated/α-hetero) is 1. The van der Waals surface area contributed by atoms with Gasteiger partial charge in [-0.1, -0.05) is 34.8 Å². The highest BCUT2D eigenvalue weighted by molar-refractivity contribution is 6.42. The molecule has 0 aliphatic rings. The van der Waals surface area contributed by atoms with Gasteiger partial charge in [-0.25, -0.2) is 0 Å². The van der Waals surface area contributed by atoms with Crippen molar-refractivity contribution in [3.05, 3.63) is 57.0 Å². The maximum absolute atomic E-state index is 11.2. The zero-order chi connectivity index (χ0) is 14.0. The van der Waals surface area contributed by atoms with Crippen LogP contribution in [0.1, 0.15) is 17.3 Å². The monoisotopic (exact) mass is 314 g/mol. The third-order valence-electron chi connectivity index (χ3n) is 2.46. The average molecular weight is 316 g/mol. The molecule has 2 rings (SSSR count). The Morgan fingerprint density at radius 2 is 1.68 bits per heavy atom. The van der Waals surface area contributed by atoms with E-state index in [-0.39, 0.29) is 5.78 Å². The number of hydrogen-bond donors (Lipinski definition) is 0. The molecule has 0 saturated heterocycles. The van der Waals surface area contributed by atoms with Crippen LogP contribution in [0.5, 0.6) is 11.5 Å². The van der Waals surface area contributed by atoms with Gasteiger partial charge in [-0.05, 0) is 37.3 Å². The molecule has 2 aromatic carbocycles. The summed E-state index contributed by atoms with van der Waals surface area (Å²) in [5, 5.41) is 1.21. The maximum atomic E-state index is 11.2. The standard InChI is InChI=1S/C14H9Cl3O2/c1-8(18)9-2-5-14(13(17)6-9)19-10-3-4-11(15)12(16)7-10/h2-7H,1H3. The van der Waals surface area contributed by atoms with Crippen LogP contribution in [0, 0.1) is 0 Å². The van der Waals surface area contributed by atoms with Crippen LogP contribution in [0.15, 0.2) is 36.4 Å². The van der Waals surface area contributed by atoms with E-state index in [4.69, 9.17) is 39.5 Å². The average Bonchev–Trinajstić information content (AvgIpc) is 2.36. The Hall–Kier alpha value is -1.22. The van der Waals surface area contributed by atoms with E-state index in [2.05, 4.69) is 0 Å². The highest BCUT2D eigenvalue weighted by atomic mass is 35.5. The number of ketones is 1. The van der Waals surface area contributed by atoms with Crippen molar-refractivity contribution >= 4 is 40.6 Å². The third kappa shape index (κ3) is 3.41. The van der Waals surface area contributed by atoms with Crippen LogP contribution in [-0.4, -0.2) is 5.78 Å².